The van der Waals surface area contributed by atoms with E-state index in [1.165, 1.54) is 6.08 Å². The van der Waals surface area contributed by atoms with E-state index in [4.69, 9.17) is 0 Å². The monoisotopic (exact) mass is 343 g/mol. The first kappa shape index (κ1) is 20.5. The van der Waals surface area contributed by atoms with Gasteiger partial charge in [0.15, 0.2) is 0 Å². The highest BCUT2D eigenvalue weighted by Crippen LogP contribution is 2.37. The van der Waals surface area contributed by atoms with Crippen LogP contribution >= 0.6 is 0 Å². The van der Waals surface area contributed by atoms with E-state index in [1.807, 2.05) is 13.0 Å². The fourth-order valence-electron chi connectivity index (χ4n) is 3.33. The molecule has 0 aliphatic carbocycles. The molecule has 1 aliphatic rings. The van der Waals surface area contributed by atoms with Crippen molar-refractivity contribution in [2.45, 2.75) is 76.0 Å². The first-order valence-electron chi connectivity index (χ1n) is 8.65. The van der Waals surface area contributed by atoms with Crippen LogP contribution in [0.5, 0.6) is 0 Å². The number of alkyl halides is 3. The van der Waals surface area contributed by atoms with E-state index in [9.17, 15) is 18.0 Å². The largest absolute Gasteiger partial charge is 0.471 e. The summed E-state index contributed by atoms with van der Waals surface area (Å²) in [6.45, 7) is 9.43. The standard InChI is InChI=1S/C19H28F3NO/c1-4-7-9-12-16-13-11-15-18(6-3,14-10-8-5-2)23(16)17(24)19(20,21)22/h5-6,11,15-16H,2-4,7-10,12-14H2,1H3. The predicted molar refractivity (Wildman–Crippen MR) is 91.6 cm³/mol. The van der Waals surface area contributed by atoms with Crippen molar-refractivity contribution in [3.8, 4) is 0 Å². The normalized spacial score (nSPS) is 24.0. The number of rotatable bonds is 9. The lowest BCUT2D eigenvalue weighted by molar-refractivity contribution is -0.192. The van der Waals surface area contributed by atoms with Crippen LogP contribution in [-0.2, 0) is 4.79 Å². The number of halogens is 3. The van der Waals surface area contributed by atoms with E-state index in [2.05, 4.69) is 13.2 Å². The van der Waals surface area contributed by atoms with E-state index < -0.39 is 23.7 Å². The molecular formula is C19H28F3NO. The zero-order chi connectivity index (χ0) is 18.2. The second-order valence-electron chi connectivity index (χ2n) is 6.34. The number of hydrogen-bond donors (Lipinski definition) is 0. The molecule has 0 aromatic rings. The zero-order valence-electron chi connectivity index (χ0n) is 14.4. The molecule has 2 unspecified atom stereocenters. The summed E-state index contributed by atoms with van der Waals surface area (Å²) >= 11 is 0. The van der Waals surface area contributed by atoms with Crippen molar-refractivity contribution in [2.75, 3.05) is 0 Å². The minimum Gasteiger partial charge on any atom is -0.319 e. The molecule has 0 radical (unpaired) electrons. The highest BCUT2D eigenvalue weighted by Gasteiger charge is 2.51. The fourth-order valence-corrected chi connectivity index (χ4v) is 3.33. The van der Waals surface area contributed by atoms with Crippen LogP contribution in [0.15, 0.2) is 37.5 Å². The van der Waals surface area contributed by atoms with Gasteiger partial charge in [-0.1, -0.05) is 50.5 Å². The third-order valence-corrected chi connectivity index (χ3v) is 4.57. The Balaban J connectivity index is 3.13. The SMILES string of the molecule is C=CCCCC1(C=C)C=CCC(CCCCC)N1C(=O)C(F)(F)F. The summed E-state index contributed by atoms with van der Waals surface area (Å²) in [5, 5.41) is 0. The van der Waals surface area contributed by atoms with Gasteiger partial charge in [0, 0.05) is 6.04 Å². The first-order chi connectivity index (χ1) is 11.3. The Morgan fingerprint density at radius 1 is 1.33 bits per heavy atom. The third-order valence-electron chi connectivity index (χ3n) is 4.57. The molecule has 0 saturated heterocycles. The van der Waals surface area contributed by atoms with Gasteiger partial charge < -0.3 is 4.90 Å². The Morgan fingerprint density at radius 3 is 2.58 bits per heavy atom. The summed E-state index contributed by atoms with van der Waals surface area (Å²) in [5.41, 5.74) is -1.06. The van der Waals surface area contributed by atoms with E-state index >= 15 is 0 Å². The average molecular weight is 343 g/mol. The molecule has 136 valence electrons. The maximum atomic E-state index is 13.2. The molecule has 0 aromatic carbocycles. The molecular weight excluding hydrogens is 315 g/mol. The second-order valence-corrected chi connectivity index (χ2v) is 6.34. The van der Waals surface area contributed by atoms with E-state index in [1.54, 1.807) is 12.2 Å². The fraction of sp³-hybridized carbons (Fsp3) is 0.632. The molecule has 1 heterocycles. The molecule has 1 aliphatic heterocycles. The van der Waals surface area contributed by atoms with Crippen LogP contribution in [0.3, 0.4) is 0 Å². The van der Waals surface area contributed by atoms with Gasteiger partial charge in [-0.2, -0.15) is 13.2 Å². The Kier molecular flexibility index (Phi) is 7.77. The highest BCUT2D eigenvalue weighted by molar-refractivity contribution is 5.84. The number of hydrogen-bond acceptors (Lipinski definition) is 1. The van der Waals surface area contributed by atoms with Crippen LogP contribution < -0.4 is 0 Å². The molecule has 0 bridgehead atoms. The van der Waals surface area contributed by atoms with Crippen molar-refractivity contribution in [3.05, 3.63) is 37.5 Å². The molecule has 0 N–H and O–H groups in total. The van der Waals surface area contributed by atoms with Gasteiger partial charge in [-0.15, -0.1) is 13.2 Å². The molecule has 1 amide bonds. The van der Waals surface area contributed by atoms with Gasteiger partial charge in [0.2, 0.25) is 0 Å². The topological polar surface area (TPSA) is 20.3 Å². The molecule has 2 nitrogen and oxygen atoms in total. The molecule has 0 saturated carbocycles. The van der Waals surface area contributed by atoms with Gasteiger partial charge in [0.05, 0.1) is 5.54 Å². The van der Waals surface area contributed by atoms with Gasteiger partial charge in [-0.3, -0.25) is 4.79 Å². The Hall–Kier alpha value is -1.52. The van der Waals surface area contributed by atoms with Crippen LogP contribution in [-0.4, -0.2) is 28.6 Å². The molecule has 24 heavy (non-hydrogen) atoms. The van der Waals surface area contributed by atoms with Crippen LogP contribution in [0.2, 0.25) is 0 Å². The molecule has 0 aromatic heterocycles. The van der Waals surface area contributed by atoms with Gasteiger partial charge >= 0.3 is 12.1 Å². The lowest BCUT2D eigenvalue weighted by Gasteiger charge is -2.47. The van der Waals surface area contributed by atoms with Crippen LogP contribution in [0.4, 0.5) is 13.2 Å². The quantitative estimate of drug-likeness (QED) is 0.396. The zero-order valence-corrected chi connectivity index (χ0v) is 14.4. The minimum absolute atomic E-state index is 0.422. The Morgan fingerprint density at radius 2 is 2.04 bits per heavy atom. The van der Waals surface area contributed by atoms with E-state index in [-0.39, 0.29) is 0 Å². The van der Waals surface area contributed by atoms with Crippen molar-refractivity contribution in [2.24, 2.45) is 0 Å². The Bertz CT molecular complexity index is 470. The minimum atomic E-state index is -4.87. The number of nitrogens with zero attached hydrogens (tertiary/aromatic N) is 1. The Labute approximate surface area is 143 Å². The smallest absolute Gasteiger partial charge is 0.319 e. The number of carbonyl (C=O) groups excluding carboxylic acids is 1. The van der Waals surface area contributed by atoms with E-state index in [0.717, 1.165) is 24.2 Å². The van der Waals surface area contributed by atoms with Gasteiger partial charge in [-0.05, 0) is 32.1 Å². The summed E-state index contributed by atoms with van der Waals surface area (Å²) in [5.74, 6) is -1.76. The summed E-state index contributed by atoms with van der Waals surface area (Å²) in [7, 11) is 0. The number of allylic oxidation sites excluding steroid dienone is 1. The van der Waals surface area contributed by atoms with Crippen molar-refractivity contribution >= 4 is 5.91 Å². The summed E-state index contributed by atoms with van der Waals surface area (Å²) in [6, 6.07) is -0.433. The third kappa shape index (κ3) is 4.99. The highest BCUT2D eigenvalue weighted by atomic mass is 19.4. The van der Waals surface area contributed by atoms with Gasteiger partial charge in [0.1, 0.15) is 0 Å². The number of carbonyl (C=O) groups is 1. The van der Waals surface area contributed by atoms with Crippen molar-refractivity contribution in [3.63, 3.8) is 0 Å². The molecule has 0 fully saturated rings. The van der Waals surface area contributed by atoms with Crippen molar-refractivity contribution < 1.29 is 18.0 Å². The maximum absolute atomic E-state index is 13.2. The van der Waals surface area contributed by atoms with Crippen LogP contribution in [0.25, 0.3) is 0 Å². The number of unbranched alkanes of at least 4 members (excludes halogenated alkanes) is 3. The first-order valence-corrected chi connectivity index (χ1v) is 8.65. The molecule has 1 rings (SSSR count). The van der Waals surface area contributed by atoms with Crippen molar-refractivity contribution in [1.82, 2.24) is 4.90 Å². The average Bonchev–Trinajstić information content (AvgIpc) is 2.54. The molecule has 2 atom stereocenters. The lowest BCUT2D eigenvalue weighted by atomic mass is 9.83. The van der Waals surface area contributed by atoms with E-state index in [0.29, 0.717) is 32.1 Å². The summed E-state index contributed by atoms with van der Waals surface area (Å²) < 4.78 is 39.6. The van der Waals surface area contributed by atoms with Gasteiger partial charge in [0.25, 0.3) is 0 Å². The van der Waals surface area contributed by atoms with Crippen LogP contribution in [0.1, 0.15) is 58.3 Å². The lowest BCUT2D eigenvalue weighted by Crippen LogP contribution is -2.59. The summed E-state index contributed by atoms with van der Waals surface area (Å²) in [4.78, 5) is 13.2. The maximum Gasteiger partial charge on any atom is 0.471 e. The number of amides is 1. The van der Waals surface area contributed by atoms with Gasteiger partial charge in [-0.25, -0.2) is 0 Å². The predicted octanol–water partition coefficient (Wildman–Crippen LogP) is 5.57. The molecule has 5 heteroatoms. The second kappa shape index (κ2) is 9.09. The molecule has 0 spiro atoms. The summed E-state index contributed by atoms with van der Waals surface area (Å²) in [6.07, 6.45) is 7.52. The van der Waals surface area contributed by atoms with Crippen molar-refractivity contribution in [1.29, 1.82) is 0 Å². The van der Waals surface area contributed by atoms with Crippen LogP contribution in [0, 0.1) is 0 Å².